The number of carboxylic acid groups (broad SMARTS) is 1. The Bertz CT molecular complexity index is 5030. The molecule has 24 nitrogen and oxygen atoms in total. The van der Waals surface area contributed by atoms with Crippen molar-refractivity contribution in [1.29, 1.82) is 0 Å². The standard InChI is InChI=1S/2C21H21N3O2.C20H19N3O2.C16H11BrN2O2.C5H11N.CH3F.CH2O3.CH4O.2K.H/c2*1-14-7-6-12-24(14)20-19(15-8-4-3-5-9-15)22-17-11-10-16(21(25)26-2)13-18(17)23-20;1-13-6-5-11-23(13)19-18(14-7-3-2-4-8-14)21-16-10-9-15(20(24)25)12-17(16)22-19;1-21-16(20)11-7-8-12-13(9-11)19-15(17)14(18-12)10-5-3-2-4-6-10;1-5-3-2-4-6-5;1-2;2-1-4-3;1-2;;;/h2*3-5,8-11,13-14H,6-7,12H2,1-2H3;2-4,7-10,12-13H,5-6,11H2,1H3,(H,24,25);2-9H,1H3;5-6H,2-4H2,1H3;1H3;1,3H;2H,1H3;;;/q;;;;;;;;2*+1;-1/p-1/t14-;;13-;;;;;;;;/m1.1......../s1/i;;;;;1D;;;;;. The minimum Gasteiger partial charge on any atom is -1.00 e. The molecule has 8 heterocycles. The normalized spacial score (nSPS) is 15.6. The first-order valence-electron chi connectivity index (χ1n) is 37.3. The van der Waals surface area contributed by atoms with Crippen LogP contribution in [0.25, 0.3) is 89.2 Å². The summed E-state index contributed by atoms with van der Waals surface area (Å²) in [5, 5.41) is 28.0. The maximum atomic E-state index is 11.9. The number of carbonyl (C=O) groups is 5. The maximum absolute atomic E-state index is 11.9. The largest absolute Gasteiger partial charge is 1.00 e. The van der Waals surface area contributed by atoms with Gasteiger partial charge in [-0.1, -0.05) is 121 Å². The minimum atomic E-state index is -1.00. The first-order valence-corrected chi connectivity index (χ1v) is 37.4. The molecule has 4 fully saturated rings. The molecule has 28 heteroatoms. The number of benzene rings is 8. The SMILES string of the molecule is CC1CCCN1.CO.COC(=O)c1ccc2nc(-c3ccccc3)c(Br)nc2c1.COC(=O)c1ccc2nc(-c3ccccc3)c(N3CCCC3C)nc2c1.COC(=O)c1ccc2nc(-c3ccccc3)c(N3CCC[C@H]3C)nc2c1.C[C@@H]1CCCN1c1nc2cc(C(=O)O)ccc2nc1-c1ccccc1.O=CO[O-].[2H]CF.[H-].[K+].[K+]. The molecule has 114 heavy (non-hydrogen) atoms. The van der Waals surface area contributed by atoms with Crippen molar-refractivity contribution in [3.63, 3.8) is 0 Å². The number of rotatable bonds is 12. The van der Waals surface area contributed by atoms with Gasteiger partial charge in [0.1, 0.15) is 27.4 Å². The molecule has 584 valence electrons. The Hall–Kier alpha value is -8.57. The molecule has 8 aromatic carbocycles. The summed E-state index contributed by atoms with van der Waals surface area (Å²) in [6.07, 6.45) is 9.61. The zero-order chi connectivity index (χ0) is 80.9. The summed E-state index contributed by atoms with van der Waals surface area (Å²) in [6, 6.07) is 62.8. The van der Waals surface area contributed by atoms with E-state index in [9.17, 15) is 28.7 Å². The van der Waals surface area contributed by atoms with E-state index >= 15 is 0 Å². The van der Waals surface area contributed by atoms with Crippen molar-refractivity contribution in [2.45, 2.75) is 103 Å². The van der Waals surface area contributed by atoms with E-state index in [0.29, 0.717) is 67.0 Å². The number of aromatic carboxylic acids is 1. The predicted molar refractivity (Wildman–Crippen MR) is 437 cm³/mol. The smallest absolute Gasteiger partial charge is 1.00 e. The quantitative estimate of drug-likeness (QED) is 0.0256. The molecule has 12 aromatic rings. The molecule has 3 N–H and O–H groups in total. The molecule has 4 saturated heterocycles. The Morgan fingerprint density at radius 3 is 0.991 bits per heavy atom. The molecular formula is C86H92BrFK2N12O12. The molecular weight excluding hydrogens is 1570 g/mol. The van der Waals surface area contributed by atoms with Crippen molar-refractivity contribution < 1.29 is 168 Å². The summed E-state index contributed by atoms with van der Waals surface area (Å²) >= 11 is 3.44. The Morgan fingerprint density at radius 2 is 0.746 bits per heavy atom. The average Bonchev–Trinajstić information content (AvgIpc) is 1.44. The number of nitrogens with zero attached hydrogens (tertiary/aromatic N) is 11. The summed E-state index contributed by atoms with van der Waals surface area (Å²) in [5.74, 6) is 0.542. The molecule has 0 amide bonds. The molecule has 0 aliphatic carbocycles. The van der Waals surface area contributed by atoms with Crippen LogP contribution < -0.4 is 128 Å². The fourth-order valence-electron chi connectivity index (χ4n) is 13.4. The monoisotopic (exact) mass is 1660 g/mol. The number of alkyl halides is 1. The fourth-order valence-corrected chi connectivity index (χ4v) is 13.9. The number of ether oxygens (including phenoxy) is 3. The second-order valence-corrected chi connectivity index (χ2v) is 27.1. The van der Waals surface area contributed by atoms with Crippen LogP contribution in [0.4, 0.5) is 21.8 Å². The number of aliphatic hydroxyl groups is 1. The van der Waals surface area contributed by atoms with Gasteiger partial charge < -0.3 is 56.0 Å². The second kappa shape index (κ2) is 46.8. The molecule has 0 saturated carbocycles. The van der Waals surface area contributed by atoms with Crippen LogP contribution in [-0.2, 0) is 23.9 Å². The summed E-state index contributed by atoms with van der Waals surface area (Å²) < 4.78 is 30.5. The Labute approximate surface area is 758 Å². The van der Waals surface area contributed by atoms with E-state index in [1.54, 1.807) is 60.7 Å². The van der Waals surface area contributed by atoms with Crippen LogP contribution >= 0.6 is 15.9 Å². The van der Waals surface area contributed by atoms with Gasteiger partial charge in [-0.25, -0.2) is 59.0 Å². The molecule has 4 atom stereocenters. The molecule has 0 bridgehead atoms. The van der Waals surface area contributed by atoms with Gasteiger partial charge in [0, 0.05) is 73.2 Å². The van der Waals surface area contributed by atoms with Crippen molar-refractivity contribution in [2.24, 2.45) is 0 Å². The number of methoxy groups -OCH3 is 3. The van der Waals surface area contributed by atoms with Gasteiger partial charge in [0.15, 0.2) is 17.5 Å². The number of halogens is 2. The van der Waals surface area contributed by atoms with Crippen molar-refractivity contribution >= 4 is 108 Å². The third-order valence-corrected chi connectivity index (χ3v) is 19.6. The van der Waals surface area contributed by atoms with E-state index < -0.39 is 13.1 Å². The number of hydrogen-bond acceptors (Lipinski definition) is 23. The van der Waals surface area contributed by atoms with Crippen LogP contribution in [0.1, 0.15) is 123 Å². The van der Waals surface area contributed by atoms with Gasteiger partial charge in [0.2, 0.25) is 0 Å². The number of fused-ring (bicyclic) bond motifs is 4. The van der Waals surface area contributed by atoms with Gasteiger partial charge in [-0.15, -0.1) is 0 Å². The van der Waals surface area contributed by atoms with Crippen molar-refractivity contribution in [3.8, 4) is 45.0 Å². The zero-order valence-electron chi connectivity index (χ0n) is 67.7. The van der Waals surface area contributed by atoms with Crippen LogP contribution in [0.5, 0.6) is 0 Å². The molecule has 4 aliphatic rings. The van der Waals surface area contributed by atoms with Gasteiger partial charge in [0.25, 0.3) is 6.47 Å². The number of aromatic nitrogens is 8. The summed E-state index contributed by atoms with van der Waals surface area (Å²) in [6.45, 7) is 12.8. The molecule has 0 radical (unpaired) electrons. The average molecular weight is 1660 g/mol. The number of hydrogen-bond donors (Lipinski definition) is 3. The number of nitrogens with one attached hydrogen (secondary N) is 1. The molecule has 0 spiro atoms. The number of carbonyl (C=O) groups excluding carboxylic acids is 4. The Kier molecular flexibility index (Phi) is 37.4. The first-order chi connectivity index (χ1) is 54.9. The van der Waals surface area contributed by atoms with E-state index in [2.05, 4.69) is 103 Å². The van der Waals surface area contributed by atoms with Gasteiger partial charge in [-0.2, -0.15) is 0 Å². The third-order valence-electron chi connectivity index (χ3n) is 19.1. The van der Waals surface area contributed by atoms with Gasteiger partial charge in [-0.3, -0.25) is 9.18 Å². The van der Waals surface area contributed by atoms with E-state index in [1.807, 2.05) is 109 Å². The fraction of sp³-hybridized carbons (Fsp3) is 0.291. The molecule has 16 rings (SSSR count). The van der Waals surface area contributed by atoms with E-state index in [0.717, 1.165) is 150 Å². The number of aliphatic hydroxyl groups excluding tert-OH is 1. The van der Waals surface area contributed by atoms with Crippen LogP contribution in [-0.4, -0.2) is 166 Å². The second-order valence-electron chi connectivity index (χ2n) is 26.4. The Morgan fingerprint density at radius 1 is 0.465 bits per heavy atom. The Balaban J connectivity index is 0.000000225. The molecule has 2 unspecified atom stereocenters. The maximum Gasteiger partial charge on any atom is 1.00 e. The van der Waals surface area contributed by atoms with Crippen LogP contribution in [0.3, 0.4) is 0 Å². The minimum absolute atomic E-state index is 0. The number of esters is 3. The molecule has 4 aliphatic heterocycles. The van der Waals surface area contributed by atoms with Gasteiger partial charge >= 0.3 is 127 Å². The molecule has 4 aromatic heterocycles. The van der Waals surface area contributed by atoms with E-state index in [4.69, 9.17) is 60.6 Å². The number of carboxylic acids is 1. The third kappa shape index (κ3) is 24.3. The topological polar surface area (TPSA) is 311 Å². The summed E-state index contributed by atoms with van der Waals surface area (Å²) in [4.78, 5) is 103. The van der Waals surface area contributed by atoms with E-state index in [1.165, 1.54) is 40.7 Å². The van der Waals surface area contributed by atoms with Crippen LogP contribution in [0.15, 0.2) is 199 Å². The predicted octanol–water partition coefficient (Wildman–Crippen LogP) is 9.48. The van der Waals surface area contributed by atoms with Gasteiger partial charge in [0.05, 0.1) is 96.2 Å². The summed E-state index contributed by atoms with van der Waals surface area (Å²) in [5.41, 5.74) is 14.8. The van der Waals surface area contributed by atoms with Gasteiger partial charge in [-0.05, 0) is 174 Å². The zero-order valence-corrected chi connectivity index (χ0v) is 73.5. The van der Waals surface area contributed by atoms with E-state index in [-0.39, 0.29) is 134 Å². The van der Waals surface area contributed by atoms with Crippen molar-refractivity contribution in [1.82, 2.24) is 45.2 Å². The van der Waals surface area contributed by atoms with Crippen molar-refractivity contribution in [2.75, 3.05) is 76.5 Å². The first kappa shape index (κ1) is 91.0. The summed E-state index contributed by atoms with van der Waals surface area (Å²) in [7, 11) is 4.12. The number of anilines is 3. The van der Waals surface area contributed by atoms with Crippen LogP contribution in [0.2, 0.25) is 0 Å². The van der Waals surface area contributed by atoms with Crippen molar-refractivity contribution in [3.05, 3.63) is 221 Å². The van der Waals surface area contributed by atoms with Crippen LogP contribution in [0, 0.1) is 0 Å².